The largest absolute Gasteiger partial charge is 0.364 e. The molecule has 0 radical (unpaired) electrons. The van der Waals surface area contributed by atoms with E-state index in [0.717, 1.165) is 0 Å². The van der Waals surface area contributed by atoms with Crippen LogP contribution in [0.25, 0.3) is 0 Å². The molecular weight excluding hydrogens is 204 g/mol. The molecule has 1 aromatic rings. The molecule has 1 aliphatic heterocycles. The molecule has 1 amide bonds. The summed E-state index contributed by atoms with van der Waals surface area (Å²) in [7, 11) is 0. The van der Waals surface area contributed by atoms with E-state index in [1.54, 1.807) is 6.20 Å². The van der Waals surface area contributed by atoms with Gasteiger partial charge in [0.1, 0.15) is 11.0 Å². The second-order valence-electron chi connectivity index (χ2n) is 3.08. The monoisotopic (exact) mass is 212 g/mol. The lowest BCUT2D eigenvalue weighted by Gasteiger charge is -2.09. The van der Waals surface area contributed by atoms with Crippen molar-refractivity contribution in [2.45, 2.75) is 12.5 Å². The van der Waals surface area contributed by atoms with Gasteiger partial charge in [-0.2, -0.15) is 0 Å². The number of nitrogens with zero attached hydrogens (tertiary/aromatic N) is 2. The summed E-state index contributed by atoms with van der Waals surface area (Å²) in [6, 6.07) is 0.0790. The van der Waals surface area contributed by atoms with Gasteiger partial charge in [0, 0.05) is 13.0 Å². The molecule has 1 atom stereocenters. The van der Waals surface area contributed by atoms with Crippen molar-refractivity contribution in [3.05, 3.63) is 17.5 Å². The zero-order valence-electron chi connectivity index (χ0n) is 7.33. The van der Waals surface area contributed by atoms with E-state index in [1.165, 1.54) is 6.20 Å². The van der Waals surface area contributed by atoms with Crippen LogP contribution < -0.4 is 10.6 Å². The number of nitrogens with one attached hydrogen (secondary N) is 2. The highest BCUT2D eigenvalue weighted by Gasteiger charge is 2.21. The fourth-order valence-electron chi connectivity index (χ4n) is 1.33. The van der Waals surface area contributed by atoms with Crippen molar-refractivity contribution in [3.8, 4) is 0 Å². The summed E-state index contributed by atoms with van der Waals surface area (Å²) >= 11 is 5.66. The number of halogens is 1. The number of carbonyl (C=O) groups is 1. The van der Waals surface area contributed by atoms with E-state index in [9.17, 15) is 4.79 Å². The van der Waals surface area contributed by atoms with Gasteiger partial charge in [0.2, 0.25) is 5.91 Å². The van der Waals surface area contributed by atoms with Gasteiger partial charge in [0.15, 0.2) is 0 Å². The van der Waals surface area contributed by atoms with Gasteiger partial charge in [-0.05, 0) is 0 Å². The van der Waals surface area contributed by atoms with Crippen LogP contribution in [0.5, 0.6) is 0 Å². The smallest absolute Gasteiger partial charge is 0.222 e. The minimum Gasteiger partial charge on any atom is -0.364 e. The van der Waals surface area contributed by atoms with Crippen molar-refractivity contribution >= 4 is 23.3 Å². The predicted molar refractivity (Wildman–Crippen MR) is 52.1 cm³/mol. The number of amides is 1. The molecule has 0 spiro atoms. The fraction of sp³-hybridized carbons (Fsp3) is 0.375. The zero-order valence-corrected chi connectivity index (χ0v) is 8.08. The Balaban J connectivity index is 2.00. The van der Waals surface area contributed by atoms with Crippen LogP contribution in [-0.2, 0) is 4.79 Å². The molecule has 2 heterocycles. The van der Waals surface area contributed by atoms with Gasteiger partial charge in [0.25, 0.3) is 0 Å². The maximum Gasteiger partial charge on any atom is 0.222 e. The van der Waals surface area contributed by atoms with Gasteiger partial charge >= 0.3 is 0 Å². The van der Waals surface area contributed by atoms with Crippen molar-refractivity contribution in [2.75, 3.05) is 11.9 Å². The Kier molecular flexibility index (Phi) is 2.49. The molecule has 1 saturated heterocycles. The number of hydrogen-bond donors (Lipinski definition) is 2. The van der Waals surface area contributed by atoms with Crippen molar-refractivity contribution in [1.82, 2.24) is 15.3 Å². The van der Waals surface area contributed by atoms with Gasteiger partial charge in [-0.15, -0.1) is 0 Å². The van der Waals surface area contributed by atoms with Gasteiger partial charge in [0.05, 0.1) is 18.4 Å². The summed E-state index contributed by atoms with van der Waals surface area (Å²) < 4.78 is 0. The van der Waals surface area contributed by atoms with Crippen LogP contribution in [0.1, 0.15) is 6.42 Å². The Bertz CT molecular complexity index is 357. The quantitative estimate of drug-likeness (QED) is 0.746. The van der Waals surface area contributed by atoms with E-state index in [2.05, 4.69) is 20.6 Å². The van der Waals surface area contributed by atoms with Gasteiger partial charge in [-0.25, -0.2) is 4.98 Å². The molecular formula is C8H9ClN4O. The molecule has 1 fully saturated rings. The molecule has 74 valence electrons. The van der Waals surface area contributed by atoms with E-state index in [-0.39, 0.29) is 11.9 Å². The highest BCUT2D eigenvalue weighted by Crippen LogP contribution is 2.10. The Morgan fingerprint density at radius 3 is 3.07 bits per heavy atom. The molecule has 1 aliphatic rings. The fourth-order valence-corrected chi connectivity index (χ4v) is 1.48. The first kappa shape index (κ1) is 9.21. The average molecular weight is 213 g/mol. The van der Waals surface area contributed by atoms with Crippen LogP contribution in [0.3, 0.4) is 0 Å². The number of anilines is 1. The minimum absolute atomic E-state index is 0.0532. The lowest BCUT2D eigenvalue weighted by molar-refractivity contribution is -0.119. The predicted octanol–water partition coefficient (Wildman–Crippen LogP) is 0.430. The minimum atomic E-state index is 0.0532. The first-order chi connectivity index (χ1) is 6.74. The standard InChI is InChI=1S/C8H9ClN4O/c9-6-3-10-4-7(13-6)12-5-1-8(14)11-2-5/h3-5H,1-2H2,(H,11,14)(H,12,13). The van der Waals surface area contributed by atoms with E-state index in [0.29, 0.717) is 23.9 Å². The van der Waals surface area contributed by atoms with Gasteiger partial charge in [-0.3, -0.25) is 9.78 Å². The van der Waals surface area contributed by atoms with E-state index in [1.807, 2.05) is 0 Å². The van der Waals surface area contributed by atoms with E-state index < -0.39 is 0 Å². The van der Waals surface area contributed by atoms with Crippen LogP contribution in [-0.4, -0.2) is 28.5 Å². The topological polar surface area (TPSA) is 66.9 Å². The highest BCUT2D eigenvalue weighted by atomic mass is 35.5. The van der Waals surface area contributed by atoms with Crippen molar-refractivity contribution in [2.24, 2.45) is 0 Å². The lowest BCUT2D eigenvalue weighted by atomic mass is 10.2. The summed E-state index contributed by atoms with van der Waals surface area (Å²) in [4.78, 5) is 18.8. The number of rotatable bonds is 2. The summed E-state index contributed by atoms with van der Waals surface area (Å²) in [5, 5.41) is 6.13. The van der Waals surface area contributed by atoms with Crippen LogP contribution in [0, 0.1) is 0 Å². The Labute approximate surface area is 85.9 Å². The zero-order chi connectivity index (χ0) is 9.97. The van der Waals surface area contributed by atoms with Gasteiger partial charge in [-0.1, -0.05) is 11.6 Å². The molecule has 1 aromatic heterocycles. The van der Waals surface area contributed by atoms with E-state index >= 15 is 0 Å². The van der Waals surface area contributed by atoms with Crippen molar-refractivity contribution < 1.29 is 4.79 Å². The maximum absolute atomic E-state index is 10.9. The molecule has 0 aromatic carbocycles. The third-order valence-electron chi connectivity index (χ3n) is 1.93. The summed E-state index contributed by atoms with van der Waals surface area (Å²) in [5.41, 5.74) is 0. The third-order valence-corrected chi connectivity index (χ3v) is 2.12. The molecule has 0 saturated carbocycles. The number of hydrogen-bond acceptors (Lipinski definition) is 4. The van der Waals surface area contributed by atoms with E-state index in [4.69, 9.17) is 11.6 Å². The maximum atomic E-state index is 10.9. The second-order valence-corrected chi connectivity index (χ2v) is 3.46. The second kappa shape index (κ2) is 3.79. The van der Waals surface area contributed by atoms with Crippen LogP contribution in [0.2, 0.25) is 5.15 Å². The molecule has 5 nitrogen and oxygen atoms in total. The van der Waals surface area contributed by atoms with Crippen molar-refractivity contribution in [3.63, 3.8) is 0 Å². The lowest BCUT2D eigenvalue weighted by Crippen LogP contribution is -2.22. The Hall–Kier alpha value is -1.36. The third kappa shape index (κ3) is 2.11. The highest BCUT2D eigenvalue weighted by molar-refractivity contribution is 6.29. The molecule has 2 rings (SSSR count). The van der Waals surface area contributed by atoms with Crippen LogP contribution in [0.4, 0.5) is 5.82 Å². The first-order valence-corrected chi connectivity index (χ1v) is 4.62. The summed E-state index contributed by atoms with van der Waals surface area (Å²) in [5.74, 6) is 0.650. The summed E-state index contributed by atoms with van der Waals surface area (Å²) in [6.45, 7) is 0.618. The summed E-state index contributed by atoms with van der Waals surface area (Å²) in [6.07, 6.45) is 3.51. The average Bonchev–Trinajstić information content (AvgIpc) is 2.51. The van der Waals surface area contributed by atoms with Crippen molar-refractivity contribution in [1.29, 1.82) is 0 Å². The molecule has 14 heavy (non-hydrogen) atoms. The SMILES string of the molecule is O=C1CC(Nc2cncc(Cl)n2)CN1. The Morgan fingerprint density at radius 1 is 1.57 bits per heavy atom. The normalized spacial score (nSPS) is 20.6. The number of aromatic nitrogens is 2. The Morgan fingerprint density at radius 2 is 2.43 bits per heavy atom. The van der Waals surface area contributed by atoms with Gasteiger partial charge < -0.3 is 10.6 Å². The molecule has 6 heteroatoms. The molecule has 2 N–H and O–H groups in total. The first-order valence-electron chi connectivity index (χ1n) is 4.25. The number of carbonyl (C=O) groups excluding carboxylic acids is 1. The molecule has 0 bridgehead atoms. The molecule has 0 aliphatic carbocycles. The molecule has 1 unspecified atom stereocenters. The van der Waals surface area contributed by atoms with Crippen LogP contribution in [0.15, 0.2) is 12.4 Å². The van der Waals surface area contributed by atoms with Crippen LogP contribution >= 0.6 is 11.6 Å².